The molecular formula is C18H28N2O5S. The van der Waals surface area contributed by atoms with Crippen LogP contribution in [0.4, 0.5) is 5.69 Å². The first-order valence-corrected chi connectivity index (χ1v) is 9.92. The van der Waals surface area contributed by atoms with Gasteiger partial charge in [-0.15, -0.1) is 0 Å². The lowest BCUT2D eigenvalue weighted by Gasteiger charge is -2.17. The second-order valence-electron chi connectivity index (χ2n) is 6.82. The SMILES string of the molecule is Cc1ccc(S(=O)(=O)N(C)C)cc1NC(=O)C(C)OC(=O)CCC(C)C. The van der Waals surface area contributed by atoms with E-state index in [2.05, 4.69) is 5.32 Å². The summed E-state index contributed by atoms with van der Waals surface area (Å²) in [4.78, 5) is 24.1. The summed E-state index contributed by atoms with van der Waals surface area (Å²) in [6.07, 6.45) is -0.0233. The molecule has 7 nitrogen and oxygen atoms in total. The number of esters is 1. The van der Waals surface area contributed by atoms with Gasteiger partial charge in [0.2, 0.25) is 10.0 Å². The first kappa shape index (κ1) is 22.1. The van der Waals surface area contributed by atoms with Gasteiger partial charge < -0.3 is 10.1 Å². The van der Waals surface area contributed by atoms with Gasteiger partial charge in [0.05, 0.1) is 4.90 Å². The smallest absolute Gasteiger partial charge is 0.306 e. The number of nitrogens with zero attached hydrogens (tertiary/aromatic N) is 1. The molecular weight excluding hydrogens is 356 g/mol. The predicted octanol–water partition coefficient (Wildman–Crippen LogP) is 2.55. The Bertz CT molecular complexity index is 757. The minimum Gasteiger partial charge on any atom is -0.453 e. The van der Waals surface area contributed by atoms with Crippen molar-refractivity contribution in [3.05, 3.63) is 23.8 Å². The maximum absolute atomic E-state index is 12.3. The Labute approximate surface area is 155 Å². The molecule has 0 aliphatic heterocycles. The van der Waals surface area contributed by atoms with Crippen molar-refractivity contribution in [2.45, 2.75) is 51.5 Å². The van der Waals surface area contributed by atoms with Gasteiger partial charge in [-0.25, -0.2) is 12.7 Å². The number of anilines is 1. The number of nitrogens with one attached hydrogen (secondary N) is 1. The molecule has 0 spiro atoms. The molecule has 0 saturated heterocycles. The first-order valence-electron chi connectivity index (χ1n) is 8.48. The molecule has 1 N–H and O–H groups in total. The number of aryl methyl sites for hydroxylation is 1. The van der Waals surface area contributed by atoms with Crippen molar-refractivity contribution in [2.75, 3.05) is 19.4 Å². The van der Waals surface area contributed by atoms with Crippen LogP contribution in [-0.4, -0.2) is 44.8 Å². The summed E-state index contributed by atoms with van der Waals surface area (Å²) in [5, 5.41) is 2.63. The van der Waals surface area contributed by atoms with Crippen molar-refractivity contribution >= 4 is 27.6 Å². The number of ether oxygens (including phenoxy) is 1. The van der Waals surface area contributed by atoms with Gasteiger partial charge in [0.15, 0.2) is 6.10 Å². The van der Waals surface area contributed by atoms with Crippen LogP contribution in [0.1, 0.15) is 39.2 Å². The molecule has 0 aliphatic carbocycles. The van der Waals surface area contributed by atoms with Crippen LogP contribution in [0.3, 0.4) is 0 Å². The number of hydrogen-bond donors (Lipinski definition) is 1. The third kappa shape index (κ3) is 6.10. The van der Waals surface area contributed by atoms with Crippen LogP contribution in [-0.2, 0) is 24.3 Å². The number of benzene rings is 1. The average molecular weight is 384 g/mol. The molecule has 1 unspecified atom stereocenters. The van der Waals surface area contributed by atoms with Crippen molar-refractivity contribution < 1.29 is 22.7 Å². The highest BCUT2D eigenvalue weighted by atomic mass is 32.2. The minimum absolute atomic E-state index is 0.0741. The lowest BCUT2D eigenvalue weighted by atomic mass is 10.1. The monoisotopic (exact) mass is 384 g/mol. The number of amides is 1. The lowest BCUT2D eigenvalue weighted by molar-refractivity contribution is -0.153. The van der Waals surface area contributed by atoms with Crippen LogP contribution < -0.4 is 5.32 Å². The van der Waals surface area contributed by atoms with Gasteiger partial charge in [-0.1, -0.05) is 19.9 Å². The summed E-state index contributed by atoms with van der Waals surface area (Å²) in [5.41, 5.74) is 1.07. The van der Waals surface area contributed by atoms with Crippen molar-refractivity contribution in [2.24, 2.45) is 5.92 Å². The molecule has 146 valence electrons. The molecule has 0 heterocycles. The molecule has 1 amide bonds. The van der Waals surface area contributed by atoms with E-state index in [4.69, 9.17) is 4.74 Å². The van der Waals surface area contributed by atoms with Gasteiger partial charge in [0, 0.05) is 26.2 Å². The Morgan fingerprint density at radius 3 is 2.35 bits per heavy atom. The fourth-order valence-corrected chi connectivity index (χ4v) is 2.99. The van der Waals surface area contributed by atoms with Crippen LogP contribution >= 0.6 is 0 Å². The second-order valence-corrected chi connectivity index (χ2v) is 8.97. The van der Waals surface area contributed by atoms with E-state index < -0.39 is 28.0 Å². The average Bonchev–Trinajstić information content (AvgIpc) is 2.54. The largest absolute Gasteiger partial charge is 0.453 e. The summed E-state index contributed by atoms with van der Waals surface area (Å²) in [6.45, 7) is 7.24. The molecule has 1 atom stereocenters. The zero-order chi connectivity index (χ0) is 20.1. The molecule has 26 heavy (non-hydrogen) atoms. The maximum atomic E-state index is 12.3. The van der Waals surface area contributed by atoms with Crippen molar-refractivity contribution in [3.8, 4) is 0 Å². The van der Waals surface area contributed by atoms with E-state index in [0.29, 0.717) is 23.6 Å². The Kier molecular flexibility index (Phi) is 7.77. The van der Waals surface area contributed by atoms with E-state index in [1.165, 1.54) is 33.2 Å². The quantitative estimate of drug-likeness (QED) is 0.695. The molecule has 0 aromatic heterocycles. The fraction of sp³-hybridized carbons (Fsp3) is 0.556. The summed E-state index contributed by atoms with van der Waals surface area (Å²) < 4.78 is 30.7. The second kappa shape index (κ2) is 9.14. The third-order valence-electron chi connectivity index (χ3n) is 3.85. The molecule has 8 heteroatoms. The third-order valence-corrected chi connectivity index (χ3v) is 5.66. The zero-order valence-electron chi connectivity index (χ0n) is 16.2. The number of sulfonamides is 1. The van der Waals surface area contributed by atoms with E-state index in [0.717, 1.165) is 4.31 Å². The Morgan fingerprint density at radius 1 is 1.19 bits per heavy atom. The summed E-state index contributed by atoms with van der Waals surface area (Å²) in [6, 6.07) is 4.50. The van der Waals surface area contributed by atoms with Gasteiger partial charge in [-0.3, -0.25) is 9.59 Å². The van der Waals surface area contributed by atoms with E-state index in [1.54, 1.807) is 13.0 Å². The van der Waals surface area contributed by atoms with E-state index in [9.17, 15) is 18.0 Å². The fourth-order valence-electron chi connectivity index (χ4n) is 2.06. The van der Waals surface area contributed by atoms with Crippen LogP contribution in [0.25, 0.3) is 0 Å². The molecule has 1 rings (SSSR count). The van der Waals surface area contributed by atoms with Gasteiger partial charge in [0.25, 0.3) is 5.91 Å². The topological polar surface area (TPSA) is 92.8 Å². The first-order chi connectivity index (χ1) is 11.9. The zero-order valence-corrected chi connectivity index (χ0v) is 17.0. The van der Waals surface area contributed by atoms with Crippen LogP contribution in [0.15, 0.2) is 23.1 Å². The molecule has 1 aromatic carbocycles. The van der Waals surface area contributed by atoms with Crippen LogP contribution in [0, 0.1) is 12.8 Å². The maximum Gasteiger partial charge on any atom is 0.306 e. The predicted molar refractivity (Wildman–Crippen MR) is 100 cm³/mol. The molecule has 0 saturated carbocycles. The van der Waals surface area contributed by atoms with Gasteiger partial charge >= 0.3 is 5.97 Å². The Morgan fingerprint density at radius 2 is 1.81 bits per heavy atom. The highest BCUT2D eigenvalue weighted by Crippen LogP contribution is 2.22. The summed E-state index contributed by atoms with van der Waals surface area (Å²) in [5.74, 6) is -0.567. The normalized spacial score (nSPS) is 12.9. The van der Waals surface area contributed by atoms with Gasteiger partial charge in [0.1, 0.15) is 0 Å². The summed E-state index contributed by atoms with van der Waals surface area (Å²) in [7, 11) is -0.737. The van der Waals surface area contributed by atoms with Crippen LogP contribution in [0.5, 0.6) is 0 Å². The molecule has 1 aromatic rings. The van der Waals surface area contributed by atoms with E-state index in [1.807, 2.05) is 13.8 Å². The van der Waals surface area contributed by atoms with Crippen LogP contribution in [0.2, 0.25) is 0 Å². The van der Waals surface area contributed by atoms with Crippen molar-refractivity contribution in [1.82, 2.24) is 4.31 Å². The molecule has 0 aliphatic rings. The Hall–Kier alpha value is -1.93. The number of carbonyl (C=O) groups is 2. The highest BCUT2D eigenvalue weighted by Gasteiger charge is 2.21. The molecule has 0 bridgehead atoms. The lowest BCUT2D eigenvalue weighted by Crippen LogP contribution is -2.30. The number of carbonyl (C=O) groups excluding carboxylic acids is 2. The van der Waals surface area contributed by atoms with Crippen molar-refractivity contribution in [1.29, 1.82) is 0 Å². The minimum atomic E-state index is -3.61. The van der Waals surface area contributed by atoms with Gasteiger partial charge in [-0.2, -0.15) is 0 Å². The van der Waals surface area contributed by atoms with E-state index in [-0.39, 0.29) is 11.3 Å². The van der Waals surface area contributed by atoms with Gasteiger partial charge in [-0.05, 0) is 43.9 Å². The Balaban J connectivity index is 2.84. The molecule has 0 fully saturated rings. The number of hydrogen-bond acceptors (Lipinski definition) is 5. The summed E-state index contributed by atoms with van der Waals surface area (Å²) >= 11 is 0. The molecule has 0 radical (unpaired) electrons. The standard InChI is InChI=1S/C18H28N2O5S/c1-12(2)7-10-17(21)25-14(4)18(22)19-16-11-15(9-8-13(16)3)26(23,24)20(5)6/h8-9,11-12,14H,7,10H2,1-6H3,(H,19,22). The highest BCUT2D eigenvalue weighted by molar-refractivity contribution is 7.89. The van der Waals surface area contributed by atoms with Crippen molar-refractivity contribution in [3.63, 3.8) is 0 Å². The van der Waals surface area contributed by atoms with E-state index >= 15 is 0 Å². The number of rotatable bonds is 8.